The summed E-state index contributed by atoms with van der Waals surface area (Å²) in [5.74, 6) is 0.450. The average Bonchev–Trinajstić information content (AvgIpc) is 2.63. The van der Waals surface area contributed by atoms with E-state index >= 15 is 0 Å². The molecular formula is C19H28N4O2. The Labute approximate surface area is 149 Å². The lowest BCUT2D eigenvalue weighted by atomic mass is 9.93. The molecule has 1 saturated carbocycles. The van der Waals surface area contributed by atoms with Crippen molar-refractivity contribution in [1.82, 2.24) is 20.4 Å². The van der Waals surface area contributed by atoms with Crippen molar-refractivity contribution in [3.05, 3.63) is 23.5 Å². The van der Waals surface area contributed by atoms with Crippen LogP contribution in [0.15, 0.2) is 12.1 Å². The van der Waals surface area contributed by atoms with E-state index in [1.54, 1.807) is 13.0 Å². The zero-order chi connectivity index (χ0) is 17.6. The fourth-order valence-corrected chi connectivity index (χ4v) is 3.91. The molecule has 6 heteroatoms. The van der Waals surface area contributed by atoms with Crippen molar-refractivity contribution in [1.29, 1.82) is 0 Å². The molecule has 2 aliphatic rings. The van der Waals surface area contributed by atoms with Gasteiger partial charge >= 0.3 is 0 Å². The molecule has 1 atom stereocenters. The summed E-state index contributed by atoms with van der Waals surface area (Å²) in [5, 5.41) is 11.4. The molecule has 2 heterocycles. The van der Waals surface area contributed by atoms with Crippen LogP contribution in [-0.2, 0) is 11.2 Å². The van der Waals surface area contributed by atoms with Crippen molar-refractivity contribution in [2.75, 3.05) is 13.1 Å². The average molecular weight is 344 g/mol. The second-order valence-corrected chi connectivity index (χ2v) is 7.40. The molecule has 1 aliphatic heterocycles. The Balaban J connectivity index is 1.53. The fourth-order valence-electron chi connectivity index (χ4n) is 3.91. The van der Waals surface area contributed by atoms with Crippen molar-refractivity contribution in [3.63, 3.8) is 0 Å². The van der Waals surface area contributed by atoms with E-state index in [0.29, 0.717) is 11.6 Å². The molecule has 136 valence electrons. The number of aromatic nitrogens is 2. The standard InChI is InChI=1S/C19H28N4O2/c1-14(24)23-11-5-6-15(13-23)12-17-9-10-18(22-21-17)19(25)20-16-7-3-2-4-8-16/h9-10,15-16H,2-8,11-13H2,1H3,(H,20,25)/t15-/m0/s1. The molecule has 0 bridgehead atoms. The maximum absolute atomic E-state index is 12.3. The zero-order valence-corrected chi connectivity index (χ0v) is 15.0. The lowest BCUT2D eigenvalue weighted by molar-refractivity contribution is -0.130. The van der Waals surface area contributed by atoms with Gasteiger partial charge in [-0.2, -0.15) is 5.10 Å². The first-order valence-corrected chi connectivity index (χ1v) is 9.51. The summed E-state index contributed by atoms with van der Waals surface area (Å²) in [6, 6.07) is 3.95. The van der Waals surface area contributed by atoms with Crippen LogP contribution in [0, 0.1) is 5.92 Å². The Morgan fingerprint density at radius 3 is 2.60 bits per heavy atom. The summed E-state index contributed by atoms with van der Waals surface area (Å²) >= 11 is 0. The van der Waals surface area contributed by atoms with E-state index in [1.165, 1.54) is 19.3 Å². The Morgan fingerprint density at radius 1 is 1.12 bits per heavy atom. The van der Waals surface area contributed by atoms with E-state index in [1.807, 2.05) is 11.0 Å². The number of amides is 2. The molecule has 2 fully saturated rings. The predicted octanol–water partition coefficient (Wildman–Crippen LogP) is 2.34. The van der Waals surface area contributed by atoms with Crippen LogP contribution >= 0.6 is 0 Å². The molecule has 1 aromatic heterocycles. The number of hydrogen-bond donors (Lipinski definition) is 1. The molecule has 1 aromatic rings. The van der Waals surface area contributed by atoms with Crippen LogP contribution in [0.5, 0.6) is 0 Å². The van der Waals surface area contributed by atoms with Crippen molar-refractivity contribution in [3.8, 4) is 0 Å². The normalized spacial score (nSPS) is 21.8. The molecule has 1 N–H and O–H groups in total. The maximum Gasteiger partial charge on any atom is 0.272 e. The molecule has 6 nitrogen and oxygen atoms in total. The molecule has 0 unspecified atom stereocenters. The SMILES string of the molecule is CC(=O)N1CCC[C@@H](Cc2ccc(C(=O)NC3CCCCC3)nn2)C1. The van der Waals surface area contributed by atoms with Gasteiger partial charge in [0.15, 0.2) is 5.69 Å². The van der Waals surface area contributed by atoms with Crippen LogP contribution in [-0.4, -0.2) is 46.0 Å². The van der Waals surface area contributed by atoms with Gasteiger partial charge in [0.2, 0.25) is 5.91 Å². The second kappa shape index (κ2) is 8.41. The highest BCUT2D eigenvalue weighted by Gasteiger charge is 2.22. The highest BCUT2D eigenvalue weighted by atomic mass is 16.2. The molecular weight excluding hydrogens is 316 g/mol. The number of carbonyl (C=O) groups is 2. The minimum absolute atomic E-state index is 0.119. The lowest BCUT2D eigenvalue weighted by Gasteiger charge is -2.31. The number of rotatable bonds is 4. The van der Waals surface area contributed by atoms with Crippen molar-refractivity contribution in [2.24, 2.45) is 5.92 Å². The molecule has 2 amide bonds. The fraction of sp³-hybridized carbons (Fsp3) is 0.684. The van der Waals surface area contributed by atoms with Crippen LogP contribution in [0.25, 0.3) is 0 Å². The van der Waals surface area contributed by atoms with Crippen LogP contribution in [0.4, 0.5) is 0 Å². The summed E-state index contributed by atoms with van der Waals surface area (Å²) in [4.78, 5) is 25.7. The van der Waals surface area contributed by atoms with E-state index in [-0.39, 0.29) is 17.9 Å². The third kappa shape index (κ3) is 5.00. The van der Waals surface area contributed by atoms with Crippen molar-refractivity contribution in [2.45, 2.75) is 64.3 Å². The van der Waals surface area contributed by atoms with Crippen LogP contribution in [0.3, 0.4) is 0 Å². The van der Waals surface area contributed by atoms with Crippen molar-refractivity contribution < 1.29 is 9.59 Å². The molecule has 25 heavy (non-hydrogen) atoms. The van der Waals surface area contributed by atoms with E-state index in [0.717, 1.165) is 50.9 Å². The molecule has 0 radical (unpaired) electrons. The quantitative estimate of drug-likeness (QED) is 0.910. The lowest BCUT2D eigenvalue weighted by Crippen LogP contribution is -2.39. The smallest absolute Gasteiger partial charge is 0.272 e. The molecule has 1 aliphatic carbocycles. The number of nitrogens with one attached hydrogen (secondary N) is 1. The zero-order valence-electron chi connectivity index (χ0n) is 15.0. The number of carbonyl (C=O) groups excluding carboxylic acids is 2. The Kier molecular flexibility index (Phi) is 6.00. The Morgan fingerprint density at radius 2 is 1.92 bits per heavy atom. The van der Waals surface area contributed by atoms with Crippen molar-refractivity contribution >= 4 is 11.8 Å². The summed E-state index contributed by atoms with van der Waals surface area (Å²) < 4.78 is 0. The van der Waals surface area contributed by atoms with Gasteiger partial charge < -0.3 is 10.2 Å². The summed E-state index contributed by atoms with van der Waals surface area (Å²) in [5.41, 5.74) is 1.29. The Hall–Kier alpha value is -1.98. The molecule has 1 saturated heterocycles. The van der Waals surface area contributed by atoms with Gasteiger partial charge in [0.1, 0.15) is 0 Å². The first kappa shape index (κ1) is 17.8. The third-order valence-electron chi connectivity index (χ3n) is 5.35. The van der Waals surface area contributed by atoms with Gasteiger partial charge in [-0.3, -0.25) is 9.59 Å². The minimum atomic E-state index is -0.119. The minimum Gasteiger partial charge on any atom is -0.348 e. The summed E-state index contributed by atoms with van der Waals surface area (Å²) in [6.07, 6.45) is 8.72. The molecule has 0 aromatic carbocycles. The Bertz CT molecular complexity index is 596. The summed E-state index contributed by atoms with van der Waals surface area (Å²) in [6.45, 7) is 3.28. The molecule has 3 rings (SSSR count). The van der Waals surface area contributed by atoms with Crippen LogP contribution in [0.1, 0.15) is 68.1 Å². The van der Waals surface area contributed by atoms with Gasteiger partial charge in [-0.25, -0.2) is 0 Å². The van der Waals surface area contributed by atoms with Crippen LogP contribution < -0.4 is 5.32 Å². The first-order chi connectivity index (χ1) is 12.1. The van der Waals surface area contributed by atoms with Gasteiger partial charge in [0, 0.05) is 26.1 Å². The molecule has 0 spiro atoms. The van der Waals surface area contributed by atoms with E-state index in [9.17, 15) is 9.59 Å². The number of piperidine rings is 1. The van der Waals surface area contributed by atoms with Gasteiger partial charge in [-0.15, -0.1) is 5.10 Å². The highest BCUT2D eigenvalue weighted by Crippen LogP contribution is 2.20. The van der Waals surface area contributed by atoms with E-state index in [4.69, 9.17) is 0 Å². The van der Waals surface area contributed by atoms with E-state index in [2.05, 4.69) is 15.5 Å². The highest BCUT2D eigenvalue weighted by molar-refractivity contribution is 5.92. The van der Waals surface area contributed by atoms with Crippen LogP contribution in [0.2, 0.25) is 0 Å². The predicted molar refractivity (Wildman–Crippen MR) is 95.1 cm³/mol. The topological polar surface area (TPSA) is 75.2 Å². The number of hydrogen-bond acceptors (Lipinski definition) is 4. The maximum atomic E-state index is 12.3. The van der Waals surface area contributed by atoms with Gasteiger partial charge in [0.05, 0.1) is 5.69 Å². The van der Waals surface area contributed by atoms with Gasteiger partial charge in [-0.05, 0) is 50.2 Å². The monoisotopic (exact) mass is 344 g/mol. The first-order valence-electron chi connectivity index (χ1n) is 9.51. The van der Waals surface area contributed by atoms with E-state index < -0.39 is 0 Å². The number of nitrogens with zero attached hydrogens (tertiary/aromatic N) is 3. The largest absolute Gasteiger partial charge is 0.348 e. The third-order valence-corrected chi connectivity index (χ3v) is 5.35. The second-order valence-electron chi connectivity index (χ2n) is 7.40. The van der Waals surface area contributed by atoms with Gasteiger partial charge in [-0.1, -0.05) is 19.3 Å². The number of likely N-dealkylation sites (tertiary alicyclic amines) is 1. The van der Waals surface area contributed by atoms with Gasteiger partial charge in [0.25, 0.3) is 5.91 Å². The summed E-state index contributed by atoms with van der Waals surface area (Å²) in [7, 11) is 0.